The number of rotatable bonds is 19. The van der Waals surface area contributed by atoms with Crippen molar-refractivity contribution in [3.63, 3.8) is 0 Å². The average Bonchev–Trinajstić information content (AvgIpc) is 2.77. The number of carboxylic acid groups (broad SMARTS) is 2. The van der Waals surface area contributed by atoms with Gasteiger partial charge in [-0.25, -0.2) is 4.79 Å². The van der Waals surface area contributed by atoms with Gasteiger partial charge < -0.3 is 37.6 Å². The summed E-state index contributed by atoms with van der Waals surface area (Å²) in [5.41, 5.74) is 11.3. The van der Waals surface area contributed by atoms with Crippen LogP contribution in [0.15, 0.2) is 0 Å². The van der Waals surface area contributed by atoms with E-state index in [1.165, 1.54) is 11.8 Å². The van der Waals surface area contributed by atoms with Crippen molar-refractivity contribution in [3.05, 3.63) is 0 Å². The highest BCUT2D eigenvalue weighted by atomic mass is 32.2. The zero-order valence-electron chi connectivity index (χ0n) is 20.7. The van der Waals surface area contributed by atoms with Crippen molar-refractivity contribution in [1.29, 1.82) is 0 Å². The van der Waals surface area contributed by atoms with E-state index in [1.807, 2.05) is 20.1 Å². The molecule has 0 radical (unpaired) electrons. The van der Waals surface area contributed by atoms with Gasteiger partial charge in [0.2, 0.25) is 17.7 Å². The summed E-state index contributed by atoms with van der Waals surface area (Å²) >= 11 is 1.44. The fourth-order valence-electron chi connectivity index (χ4n) is 3.20. The molecule has 0 bridgehead atoms. The Morgan fingerprint density at radius 2 is 1.40 bits per heavy atom. The third kappa shape index (κ3) is 14.6. The molecule has 202 valence electrons. The van der Waals surface area contributed by atoms with E-state index in [2.05, 4.69) is 16.0 Å². The Hall–Kier alpha value is -2.38. The third-order valence-corrected chi connectivity index (χ3v) is 5.80. The van der Waals surface area contributed by atoms with Crippen LogP contribution >= 0.6 is 11.8 Å². The van der Waals surface area contributed by atoms with Crippen molar-refractivity contribution in [2.45, 2.75) is 83.0 Å². The molecule has 9 N–H and O–H groups in total. The van der Waals surface area contributed by atoms with E-state index in [4.69, 9.17) is 16.6 Å². The number of nitrogens with two attached hydrogens (primary N) is 2. The molecule has 35 heavy (non-hydrogen) atoms. The lowest BCUT2D eigenvalue weighted by Gasteiger charge is -2.26. The summed E-state index contributed by atoms with van der Waals surface area (Å²) in [6.45, 7) is 4.12. The molecule has 0 spiro atoms. The number of carbonyl (C=O) groups is 5. The molecule has 4 unspecified atom stereocenters. The highest BCUT2D eigenvalue weighted by Crippen LogP contribution is 2.09. The maximum absolute atomic E-state index is 13.0. The van der Waals surface area contributed by atoms with E-state index in [-0.39, 0.29) is 25.2 Å². The predicted octanol–water partition coefficient (Wildman–Crippen LogP) is -0.354. The first-order valence-corrected chi connectivity index (χ1v) is 13.1. The van der Waals surface area contributed by atoms with Gasteiger partial charge in [0.15, 0.2) is 0 Å². The number of aliphatic carboxylic acids is 2. The molecule has 13 heteroatoms. The van der Waals surface area contributed by atoms with Gasteiger partial charge in [-0.15, -0.1) is 0 Å². The molecule has 3 amide bonds. The van der Waals surface area contributed by atoms with Crippen LogP contribution in [0.25, 0.3) is 0 Å². The summed E-state index contributed by atoms with van der Waals surface area (Å²) < 4.78 is 0. The summed E-state index contributed by atoms with van der Waals surface area (Å²) in [6.07, 6.45) is 3.30. The van der Waals surface area contributed by atoms with Crippen molar-refractivity contribution in [1.82, 2.24) is 16.0 Å². The highest BCUT2D eigenvalue weighted by Gasteiger charge is 2.30. The Bertz CT molecular complexity index is 708. The summed E-state index contributed by atoms with van der Waals surface area (Å²) in [4.78, 5) is 60.9. The van der Waals surface area contributed by atoms with Gasteiger partial charge in [0.05, 0.1) is 6.04 Å². The van der Waals surface area contributed by atoms with Gasteiger partial charge in [-0.1, -0.05) is 20.3 Å². The molecule has 0 rings (SSSR count). The predicted molar refractivity (Wildman–Crippen MR) is 134 cm³/mol. The molecule has 0 saturated carbocycles. The van der Waals surface area contributed by atoms with E-state index < -0.39 is 60.2 Å². The minimum Gasteiger partial charge on any atom is -0.481 e. The molecule has 0 aliphatic carbocycles. The molecule has 4 atom stereocenters. The van der Waals surface area contributed by atoms with Crippen LogP contribution < -0.4 is 27.4 Å². The first-order valence-electron chi connectivity index (χ1n) is 11.7. The first-order chi connectivity index (χ1) is 16.4. The lowest BCUT2D eigenvalue weighted by molar-refractivity contribution is -0.142. The SMILES string of the molecule is CSCCC(NC(=O)C(CC(C)C)NC(=O)C(CCC(=O)O)NC(=O)C(N)CCCCN)C(=O)O. The lowest BCUT2D eigenvalue weighted by atomic mass is 10.0. The summed E-state index contributed by atoms with van der Waals surface area (Å²) in [5.74, 6) is -3.86. The Kier molecular flexibility index (Phi) is 16.7. The Labute approximate surface area is 210 Å². The standard InChI is InChI=1S/C22H41N5O7S/c1-13(2)12-17(21(32)26-16(22(33)34)9-11-35-3)27-20(31)15(7-8-18(28)29)25-19(30)14(24)6-4-5-10-23/h13-17H,4-12,23-24H2,1-3H3,(H,25,30)(H,26,32)(H,27,31)(H,28,29)(H,33,34). The van der Waals surface area contributed by atoms with Crippen LogP contribution in [-0.4, -0.2) is 82.6 Å². The fraction of sp³-hybridized carbons (Fsp3) is 0.773. The Morgan fingerprint density at radius 3 is 1.91 bits per heavy atom. The summed E-state index contributed by atoms with van der Waals surface area (Å²) in [5, 5.41) is 25.9. The monoisotopic (exact) mass is 519 g/mol. The van der Waals surface area contributed by atoms with Crippen LogP contribution in [0.3, 0.4) is 0 Å². The van der Waals surface area contributed by atoms with E-state index in [0.717, 1.165) is 0 Å². The minimum atomic E-state index is -1.23. The summed E-state index contributed by atoms with van der Waals surface area (Å²) in [7, 11) is 0. The second-order valence-corrected chi connectivity index (χ2v) is 9.74. The maximum Gasteiger partial charge on any atom is 0.326 e. The van der Waals surface area contributed by atoms with Gasteiger partial charge in [-0.3, -0.25) is 19.2 Å². The van der Waals surface area contributed by atoms with E-state index in [1.54, 1.807) is 0 Å². The molecule has 0 aliphatic rings. The van der Waals surface area contributed by atoms with Gasteiger partial charge in [-0.05, 0) is 56.6 Å². The van der Waals surface area contributed by atoms with Gasteiger partial charge in [0.1, 0.15) is 18.1 Å². The topological polar surface area (TPSA) is 214 Å². The van der Waals surface area contributed by atoms with E-state index >= 15 is 0 Å². The molecule has 12 nitrogen and oxygen atoms in total. The largest absolute Gasteiger partial charge is 0.481 e. The van der Waals surface area contributed by atoms with E-state index in [0.29, 0.717) is 31.6 Å². The molecule has 0 aliphatic heterocycles. The van der Waals surface area contributed by atoms with E-state index in [9.17, 15) is 29.1 Å². The third-order valence-electron chi connectivity index (χ3n) is 5.15. The molecular formula is C22H41N5O7S. The number of amides is 3. The molecule has 0 aromatic heterocycles. The van der Waals surface area contributed by atoms with Crippen LogP contribution in [0.4, 0.5) is 0 Å². The number of hydrogen-bond acceptors (Lipinski definition) is 8. The zero-order valence-corrected chi connectivity index (χ0v) is 21.6. The molecule has 0 aromatic carbocycles. The average molecular weight is 520 g/mol. The van der Waals surface area contributed by atoms with Crippen LogP contribution in [0.2, 0.25) is 0 Å². The molecular weight excluding hydrogens is 478 g/mol. The van der Waals surface area contributed by atoms with Gasteiger partial charge in [0, 0.05) is 6.42 Å². The molecule has 0 fully saturated rings. The number of unbranched alkanes of at least 4 members (excludes halogenated alkanes) is 1. The fourth-order valence-corrected chi connectivity index (χ4v) is 3.67. The van der Waals surface area contributed by atoms with Gasteiger partial charge >= 0.3 is 11.9 Å². The van der Waals surface area contributed by atoms with Gasteiger partial charge in [-0.2, -0.15) is 11.8 Å². The van der Waals surface area contributed by atoms with Crippen LogP contribution in [0, 0.1) is 5.92 Å². The van der Waals surface area contributed by atoms with Crippen molar-refractivity contribution in [3.8, 4) is 0 Å². The van der Waals surface area contributed by atoms with Crippen molar-refractivity contribution in [2.75, 3.05) is 18.6 Å². The van der Waals surface area contributed by atoms with Crippen molar-refractivity contribution >= 4 is 41.4 Å². The second-order valence-electron chi connectivity index (χ2n) is 8.76. The summed E-state index contributed by atoms with van der Waals surface area (Å²) in [6, 6.07) is -4.31. The number of thioether (sulfide) groups is 1. The Balaban J connectivity index is 5.46. The number of nitrogens with one attached hydrogen (secondary N) is 3. The number of carboxylic acids is 2. The van der Waals surface area contributed by atoms with Crippen molar-refractivity contribution < 1.29 is 34.2 Å². The lowest BCUT2D eigenvalue weighted by Crippen LogP contribution is -2.57. The quantitative estimate of drug-likeness (QED) is 0.110. The number of carbonyl (C=O) groups excluding carboxylic acids is 3. The zero-order chi connectivity index (χ0) is 27.0. The Morgan fingerprint density at radius 1 is 0.829 bits per heavy atom. The molecule has 0 aromatic rings. The minimum absolute atomic E-state index is 0.0245. The highest BCUT2D eigenvalue weighted by molar-refractivity contribution is 7.98. The van der Waals surface area contributed by atoms with Crippen LogP contribution in [-0.2, 0) is 24.0 Å². The molecule has 0 saturated heterocycles. The van der Waals surface area contributed by atoms with Crippen LogP contribution in [0.1, 0.15) is 58.8 Å². The first kappa shape index (κ1) is 32.6. The second kappa shape index (κ2) is 18.0. The normalized spacial score (nSPS) is 14.5. The molecule has 0 heterocycles. The van der Waals surface area contributed by atoms with Gasteiger partial charge in [0.25, 0.3) is 0 Å². The van der Waals surface area contributed by atoms with Crippen LogP contribution in [0.5, 0.6) is 0 Å². The smallest absolute Gasteiger partial charge is 0.326 e. The maximum atomic E-state index is 13.0. The number of hydrogen-bond donors (Lipinski definition) is 7. The van der Waals surface area contributed by atoms with Crippen molar-refractivity contribution in [2.24, 2.45) is 17.4 Å².